The number of hydrogen-bond donors (Lipinski definition) is 0. The number of likely N-dealkylation sites (N-methyl/N-ethyl adjacent to an activating group) is 1. The second kappa shape index (κ2) is 7.08. The topological polar surface area (TPSA) is 72.7 Å². The third-order valence-electron chi connectivity index (χ3n) is 2.49. The molecule has 0 atom stereocenters. The Labute approximate surface area is 119 Å². The highest BCUT2D eigenvalue weighted by Gasteiger charge is 2.16. The summed E-state index contributed by atoms with van der Waals surface area (Å²) >= 11 is 3.29. The van der Waals surface area contributed by atoms with E-state index in [1.54, 1.807) is 17.9 Å². The van der Waals surface area contributed by atoms with Crippen LogP contribution in [0.15, 0.2) is 22.7 Å². The Bertz CT molecular complexity index is 479. The van der Waals surface area contributed by atoms with Crippen LogP contribution in [0.2, 0.25) is 0 Å². The highest BCUT2D eigenvalue weighted by molar-refractivity contribution is 9.10. The molecular formula is C12H15BrN2O4. The van der Waals surface area contributed by atoms with Crippen LogP contribution < -0.4 is 4.90 Å². The molecule has 0 N–H and O–H groups in total. The summed E-state index contributed by atoms with van der Waals surface area (Å²) in [6.45, 7) is 4.68. The molecule has 0 unspecified atom stereocenters. The molecule has 0 aliphatic heterocycles. The van der Waals surface area contributed by atoms with E-state index in [2.05, 4.69) is 15.9 Å². The first-order valence-electron chi connectivity index (χ1n) is 5.84. The van der Waals surface area contributed by atoms with Crippen molar-refractivity contribution in [1.82, 2.24) is 0 Å². The summed E-state index contributed by atoms with van der Waals surface area (Å²) in [5.41, 5.74) is 0.726. The zero-order valence-corrected chi connectivity index (χ0v) is 12.3. The zero-order valence-electron chi connectivity index (χ0n) is 10.8. The average Bonchev–Trinajstić information content (AvgIpc) is 2.36. The SMILES string of the molecule is CCOC(=O)CN(CC)c1ccc([N+](=O)[O-])cc1Br. The molecule has 6 nitrogen and oxygen atoms in total. The van der Waals surface area contributed by atoms with Gasteiger partial charge < -0.3 is 9.64 Å². The number of ether oxygens (including phenoxy) is 1. The molecule has 1 rings (SSSR count). The van der Waals surface area contributed by atoms with E-state index in [1.165, 1.54) is 12.1 Å². The van der Waals surface area contributed by atoms with Gasteiger partial charge in [0.15, 0.2) is 0 Å². The second-order valence-corrected chi connectivity index (χ2v) is 4.57. The van der Waals surface area contributed by atoms with E-state index in [0.717, 1.165) is 5.69 Å². The molecule has 0 aliphatic rings. The van der Waals surface area contributed by atoms with Crippen LogP contribution in [-0.2, 0) is 9.53 Å². The van der Waals surface area contributed by atoms with E-state index in [1.807, 2.05) is 6.92 Å². The maximum atomic E-state index is 11.5. The summed E-state index contributed by atoms with van der Waals surface area (Å²) in [7, 11) is 0. The maximum absolute atomic E-state index is 11.5. The van der Waals surface area contributed by atoms with Gasteiger partial charge in [0.05, 0.1) is 17.2 Å². The molecule has 0 spiro atoms. The fraction of sp³-hybridized carbons (Fsp3) is 0.417. The number of nitro benzene ring substituents is 1. The Morgan fingerprint density at radius 3 is 2.63 bits per heavy atom. The largest absolute Gasteiger partial charge is 0.465 e. The van der Waals surface area contributed by atoms with Crippen LogP contribution in [0.25, 0.3) is 0 Å². The van der Waals surface area contributed by atoms with Crippen molar-refractivity contribution in [3.8, 4) is 0 Å². The Kier molecular flexibility index (Phi) is 5.75. The van der Waals surface area contributed by atoms with Gasteiger partial charge in [-0.25, -0.2) is 0 Å². The van der Waals surface area contributed by atoms with Crippen LogP contribution in [0.3, 0.4) is 0 Å². The molecule has 0 saturated carbocycles. The van der Waals surface area contributed by atoms with E-state index in [0.29, 0.717) is 17.6 Å². The lowest BCUT2D eigenvalue weighted by atomic mass is 10.2. The van der Waals surface area contributed by atoms with Gasteiger partial charge in [0.25, 0.3) is 5.69 Å². The Morgan fingerprint density at radius 2 is 2.16 bits per heavy atom. The number of benzene rings is 1. The monoisotopic (exact) mass is 330 g/mol. The predicted molar refractivity (Wildman–Crippen MR) is 75.3 cm³/mol. The molecule has 19 heavy (non-hydrogen) atoms. The van der Waals surface area contributed by atoms with Crippen molar-refractivity contribution < 1.29 is 14.5 Å². The fourth-order valence-electron chi connectivity index (χ4n) is 1.60. The van der Waals surface area contributed by atoms with Crippen molar-refractivity contribution in [2.45, 2.75) is 13.8 Å². The molecule has 0 fully saturated rings. The Hall–Kier alpha value is -1.63. The molecule has 1 aromatic carbocycles. The minimum atomic E-state index is -0.462. The van der Waals surface area contributed by atoms with Crippen molar-refractivity contribution in [1.29, 1.82) is 0 Å². The average molecular weight is 331 g/mol. The van der Waals surface area contributed by atoms with Gasteiger partial charge in [-0.1, -0.05) is 0 Å². The van der Waals surface area contributed by atoms with Gasteiger partial charge in [-0.2, -0.15) is 0 Å². The normalized spacial score (nSPS) is 10.1. The lowest BCUT2D eigenvalue weighted by Gasteiger charge is -2.23. The highest BCUT2D eigenvalue weighted by atomic mass is 79.9. The third kappa shape index (κ3) is 4.20. The number of non-ortho nitro benzene ring substituents is 1. The van der Waals surface area contributed by atoms with Gasteiger partial charge >= 0.3 is 5.97 Å². The lowest BCUT2D eigenvalue weighted by Crippen LogP contribution is -2.31. The van der Waals surface area contributed by atoms with E-state index in [4.69, 9.17) is 4.74 Å². The summed E-state index contributed by atoms with van der Waals surface area (Å²) in [6, 6.07) is 4.45. The molecule has 7 heteroatoms. The Morgan fingerprint density at radius 1 is 1.47 bits per heavy atom. The number of carbonyl (C=O) groups is 1. The summed E-state index contributed by atoms with van der Waals surface area (Å²) in [5.74, 6) is -0.324. The van der Waals surface area contributed by atoms with E-state index >= 15 is 0 Å². The van der Waals surface area contributed by atoms with Gasteiger partial charge in [-0.3, -0.25) is 14.9 Å². The number of anilines is 1. The third-order valence-corrected chi connectivity index (χ3v) is 3.12. The second-order valence-electron chi connectivity index (χ2n) is 3.71. The first-order valence-corrected chi connectivity index (χ1v) is 6.63. The van der Waals surface area contributed by atoms with Crippen LogP contribution >= 0.6 is 15.9 Å². The van der Waals surface area contributed by atoms with Crippen LogP contribution in [0.1, 0.15) is 13.8 Å². The van der Waals surface area contributed by atoms with Gasteiger partial charge in [-0.05, 0) is 35.8 Å². The molecular weight excluding hydrogens is 316 g/mol. The molecule has 0 saturated heterocycles. The van der Waals surface area contributed by atoms with Gasteiger partial charge in [0, 0.05) is 23.2 Å². The minimum absolute atomic E-state index is 0.00260. The summed E-state index contributed by atoms with van der Waals surface area (Å²) < 4.78 is 5.47. The van der Waals surface area contributed by atoms with Crippen LogP contribution in [-0.4, -0.2) is 30.6 Å². The quantitative estimate of drug-likeness (QED) is 0.455. The van der Waals surface area contributed by atoms with E-state index in [-0.39, 0.29) is 18.2 Å². The fourth-order valence-corrected chi connectivity index (χ4v) is 2.21. The molecule has 104 valence electrons. The molecule has 0 aliphatic carbocycles. The summed E-state index contributed by atoms with van der Waals surface area (Å²) in [6.07, 6.45) is 0. The van der Waals surface area contributed by atoms with Crippen molar-refractivity contribution in [3.05, 3.63) is 32.8 Å². The van der Waals surface area contributed by atoms with Crippen LogP contribution in [0.4, 0.5) is 11.4 Å². The van der Waals surface area contributed by atoms with Gasteiger partial charge in [0.2, 0.25) is 0 Å². The minimum Gasteiger partial charge on any atom is -0.465 e. The van der Waals surface area contributed by atoms with Gasteiger partial charge in [-0.15, -0.1) is 0 Å². The molecule has 1 aromatic rings. The summed E-state index contributed by atoms with van der Waals surface area (Å²) in [4.78, 5) is 23.5. The van der Waals surface area contributed by atoms with Crippen molar-refractivity contribution in [2.24, 2.45) is 0 Å². The molecule has 0 amide bonds. The number of halogens is 1. The highest BCUT2D eigenvalue weighted by Crippen LogP contribution is 2.30. The smallest absolute Gasteiger partial charge is 0.325 e. The molecule has 0 bridgehead atoms. The lowest BCUT2D eigenvalue weighted by molar-refractivity contribution is -0.384. The first kappa shape index (κ1) is 15.4. The number of esters is 1. The van der Waals surface area contributed by atoms with Crippen molar-refractivity contribution >= 4 is 33.3 Å². The van der Waals surface area contributed by atoms with Gasteiger partial charge in [0.1, 0.15) is 6.54 Å². The maximum Gasteiger partial charge on any atom is 0.325 e. The van der Waals surface area contributed by atoms with Crippen molar-refractivity contribution in [2.75, 3.05) is 24.6 Å². The van der Waals surface area contributed by atoms with E-state index < -0.39 is 4.92 Å². The Balaban J connectivity index is 2.92. The van der Waals surface area contributed by atoms with Crippen molar-refractivity contribution in [3.63, 3.8) is 0 Å². The first-order chi connectivity index (χ1) is 8.99. The number of rotatable bonds is 6. The number of nitrogens with zero attached hydrogens (tertiary/aromatic N) is 2. The molecule has 0 heterocycles. The molecule has 0 radical (unpaired) electrons. The number of carbonyl (C=O) groups excluding carboxylic acids is 1. The number of nitro groups is 1. The number of hydrogen-bond acceptors (Lipinski definition) is 5. The molecule has 0 aromatic heterocycles. The van der Waals surface area contributed by atoms with Crippen LogP contribution in [0, 0.1) is 10.1 Å². The van der Waals surface area contributed by atoms with E-state index in [9.17, 15) is 14.9 Å². The zero-order chi connectivity index (χ0) is 14.4. The summed E-state index contributed by atoms with van der Waals surface area (Å²) in [5, 5.41) is 10.7. The standard InChI is InChI=1S/C12H15BrN2O4/c1-3-14(8-12(16)19-4-2)11-6-5-9(15(17)18)7-10(11)13/h5-7H,3-4,8H2,1-2H3. The van der Waals surface area contributed by atoms with Crippen LogP contribution in [0.5, 0.6) is 0 Å². The predicted octanol–water partition coefficient (Wildman–Crippen LogP) is 2.75.